The molecule has 2 fully saturated rings. The Morgan fingerprint density at radius 3 is 1.47 bits per heavy atom. The number of hydrogen-bond acceptors (Lipinski definition) is 15. The van der Waals surface area contributed by atoms with Gasteiger partial charge in [-0.25, -0.2) is 9.59 Å². The number of nitrogens with zero attached hydrogens (tertiary/aromatic N) is 6. The predicted molar refractivity (Wildman–Crippen MR) is 285 cm³/mol. The van der Waals surface area contributed by atoms with Gasteiger partial charge >= 0.3 is 12.1 Å². The number of piperazine rings is 2. The highest BCUT2D eigenvalue weighted by atomic mass is 32.1. The van der Waals surface area contributed by atoms with Crippen molar-refractivity contribution in [3.8, 4) is 11.5 Å². The Kier molecular flexibility index (Phi) is 15.6. The number of fused-ring (bicyclic) bond motifs is 4. The van der Waals surface area contributed by atoms with Gasteiger partial charge in [-0.05, 0) is 133 Å². The van der Waals surface area contributed by atoms with Gasteiger partial charge in [0.2, 0.25) is 0 Å². The first-order valence-electron chi connectivity index (χ1n) is 24.7. The molecular weight excluding hydrogens is 953 g/mol. The largest absolute Gasteiger partial charge is 0.510 e. The Balaban J connectivity index is 0.631. The van der Waals surface area contributed by atoms with Gasteiger partial charge in [-0.1, -0.05) is 12.1 Å². The predicted octanol–water partition coefficient (Wildman–Crippen LogP) is 9.02. The van der Waals surface area contributed by atoms with Gasteiger partial charge in [0, 0.05) is 108 Å². The summed E-state index contributed by atoms with van der Waals surface area (Å²) in [6.07, 6.45) is 2.57. The Labute approximate surface area is 424 Å². The topological polar surface area (TPSA) is 137 Å². The number of benzene rings is 4. The number of esters is 1. The van der Waals surface area contributed by atoms with Crippen LogP contribution in [0.2, 0.25) is 0 Å². The van der Waals surface area contributed by atoms with Gasteiger partial charge in [0.15, 0.2) is 20.1 Å². The number of aromatic nitrogens is 2. The molecular formula is C55H58N6O9S2. The van der Waals surface area contributed by atoms with Crippen molar-refractivity contribution in [3.63, 3.8) is 0 Å². The summed E-state index contributed by atoms with van der Waals surface area (Å²) in [5, 5.41) is 8.49. The van der Waals surface area contributed by atoms with Crippen molar-refractivity contribution in [1.29, 1.82) is 0 Å². The van der Waals surface area contributed by atoms with Crippen LogP contribution in [-0.2, 0) is 32.5 Å². The molecule has 15 nitrogen and oxygen atoms in total. The van der Waals surface area contributed by atoms with Gasteiger partial charge in [-0.15, -0.1) is 22.7 Å². The van der Waals surface area contributed by atoms with E-state index in [1.807, 2.05) is 24.3 Å². The van der Waals surface area contributed by atoms with E-state index in [0.29, 0.717) is 35.7 Å². The third-order valence-corrected chi connectivity index (χ3v) is 15.3. The minimum atomic E-state index is -1.17. The van der Waals surface area contributed by atoms with Crippen LogP contribution in [0.15, 0.2) is 130 Å². The lowest BCUT2D eigenvalue weighted by Crippen LogP contribution is -2.46. The number of thiophene rings is 2. The van der Waals surface area contributed by atoms with Crippen LogP contribution in [0.4, 0.5) is 16.2 Å². The second-order valence-electron chi connectivity index (χ2n) is 18.1. The smallest absolute Gasteiger partial charge is 0.494 e. The second-order valence-corrected chi connectivity index (χ2v) is 20.0. The molecule has 2 aliphatic heterocycles. The van der Waals surface area contributed by atoms with Gasteiger partial charge in [0.1, 0.15) is 11.5 Å². The molecule has 0 atom stereocenters. The fourth-order valence-corrected chi connectivity index (χ4v) is 11.2. The molecule has 72 heavy (non-hydrogen) atoms. The summed E-state index contributed by atoms with van der Waals surface area (Å²) >= 11 is 3.56. The first kappa shape index (κ1) is 48.7. The summed E-state index contributed by atoms with van der Waals surface area (Å²) in [4.78, 5) is 61.3. The molecule has 2 saturated heterocycles. The van der Waals surface area contributed by atoms with Gasteiger partial charge in [-0.2, -0.15) is 0 Å². The van der Waals surface area contributed by atoms with E-state index in [-0.39, 0.29) is 5.56 Å². The summed E-state index contributed by atoms with van der Waals surface area (Å²) < 4.78 is 33.1. The highest BCUT2D eigenvalue weighted by Gasteiger charge is 2.21. The molecule has 0 amide bonds. The van der Waals surface area contributed by atoms with Crippen molar-refractivity contribution in [1.82, 2.24) is 18.9 Å². The first-order chi connectivity index (χ1) is 35.3. The van der Waals surface area contributed by atoms with Crippen LogP contribution in [0, 0.1) is 0 Å². The van der Waals surface area contributed by atoms with E-state index in [1.54, 1.807) is 46.9 Å². The van der Waals surface area contributed by atoms with Gasteiger partial charge in [0.25, 0.3) is 11.1 Å². The number of pyridine rings is 2. The lowest BCUT2D eigenvalue weighted by atomic mass is 10.2. The van der Waals surface area contributed by atoms with Crippen LogP contribution in [0.1, 0.15) is 25.7 Å². The van der Waals surface area contributed by atoms with Crippen molar-refractivity contribution < 1.29 is 33.3 Å². The number of carbonyl (C=O) groups is 2. The Morgan fingerprint density at radius 2 is 0.972 bits per heavy atom. The van der Waals surface area contributed by atoms with E-state index in [9.17, 15) is 19.2 Å². The summed E-state index contributed by atoms with van der Waals surface area (Å²) in [7, 11) is 0. The lowest BCUT2D eigenvalue weighted by Gasteiger charge is -2.36. The maximum atomic E-state index is 13.0. The number of anilines is 2. The number of unbranched alkanes of at least 4 members (excludes halogenated alkanes) is 2. The minimum Gasteiger partial charge on any atom is -0.494 e. The molecule has 4 aromatic carbocycles. The molecule has 2 aliphatic rings. The van der Waals surface area contributed by atoms with Gasteiger partial charge in [-0.3, -0.25) is 28.5 Å². The fourth-order valence-electron chi connectivity index (χ4n) is 9.62. The van der Waals surface area contributed by atoms with Crippen molar-refractivity contribution in [2.24, 2.45) is 0 Å². The monoisotopic (exact) mass is 1010 g/mol. The Morgan fingerprint density at radius 1 is 0.500 bits per heavy atom. The van der Waals surface area contributed by atoms with E-state index in [4.69, 9.17) is 23.7 Å². The van der Waals surface area contributed by atoms with Crippen molar-refractivity contribution in [3.05, 3.63) is 141 Å². The zero-order chi connectivity index (χ0) is 49.2. The molecule has 0 aliphatic carbocycles. The van der Waals surface area contributed by atoms with Crippen LogP contribution in [0.5, 0.6) is 11.5 Å². The third kappa shape index (κ3) is 11.7. The molecule has 8 aromatic rings. The molecule has 0 bridgehead atoms. The maximum absolute atomic E-state index is 13.0. The van der Waals surface area contributed by atoms with Crippen molar-refractivity contribution in [2.75, 3.05) is 95.1 Å². The molecule has 0 N–H and O–H groups in total. The number of ether oxygens (including phenoxy) is 5. The van der Waals surface area contributed by atoms with Gasteiger partial charge < -0.3 is 33.5 Å². The Bertz CT molecular complexity index is 3060. The first-order valence-corrected chi connectivity index (χ1v) is 26.4. The molecule has 0 spiro atoms. The van der Waals surface area contributed by atoms with Crippen LogP contribution in [0.25, 0.3) is 42.0 Å². The van der Waals surface area contributed by atoms with Crippen LogP contribution in [-0.4, -0.2) is 116 Å². The van der Waals surface area contributed by atoms with E-state index < -0.39 is 37.8 Å². The summed E-state index contributed by atoms with van der Waals surface area (Å²) in [5.41, 5.74) is 2.92. The standard InChI is InChI=1S/C55H58N6O9S2/c62-52-17-13-40-11-15-42(66-31-3-1-21-56-23-27-58(28-24-56)46-7-5-9-50-44(46)19-33-71-50)35-48(40)60(52)38-69-54(64)37-68-55(65)70-39-61-49-36-43(16-12-41(49)14-18-53(61)63)67-32-4-2-22-57-25-29-59(30-26-57)47-8-6-10-51-45(47)20-34-72-51/h5-20,33-36H,1-4,21-32,37-39H2. The summed E-state index contributed by atoms with van der Waals surface area (Å²) in [5.74, 6) is 0.298. The van der Waals surface area contributed by atoms with Crippen LogP contribution in [0.3, 0.4) is 0 Å². The average Bonchev–Trinajstić information content (AvgIpc) is 4.11. The number of carbonyl (C=O) groups excluding carboxylic acids is 2. The summed E-state index contributed by atoms with van der Waals surface area (Å²) in [6, 6.07) is 34.6. The third-order valence-electron chi connectivity index (χ3n) is 13.5. The molecule has 0 unspecified atom stereocenters. The zero-order valence-corrected chi connectivity index (χ0v) is 41.8. The van der Waals surface area contributed by atoms with Crippen molar-refractivity contribution in [2.45, 2.75) is 39.1 Å². The Hall–Kier alpha value is -6.92. The molecule has 10 rings (SSSR count). The van der Waals surface area contributed by atoms with Gasteiger partial charge in [0.05, 0.1) is 24.2 Å². The lowest BCUT2D eigenvalue weighted by molar-refractivity contribution is -0.151. The minimum absolute atomic E-state index is 0.377. The average molecular weight is 1010 g/mol. The number of hydrogen-bond donors (Lipinski definition) is 0. The highest BCUT2D eigenvalue weighted by molar-refractivity contribution is 7.17. The molecule has 6 heterocycles. The summed E-state index contributed by atoms with van der Waals surface area (Å²) in [6.45, 7) is 9.49. The molecule has 374 valence electrons. The van der Waals surface area contributed by atoms with E-state index in [1.165, 1.54) is 52.8 Å². The zero-order valence-electron chi connectivity index (χ0n) is 40.2. The fraction of sp³-hybridized carbons (Fsp3) is 0.345. The molecule has 0 saturated carbocycles. The quantitative estimate of drug-likeness (QED) is 0.0531. The molecule has 0 radical (unpaired) electrons. The molecule has 17 heteroatoms. The SMILES string of the molecule is O=C(COC(=O)OCn1c(=O)ccc2ccc(OCCCCN3CCN(c4cccc5sccc45)CC3)cc21)OCn1c(=O)ccc2ccc(OCCCCN3CCN(c4cccc5sccc45)CC3)cc21. The molecule has 4 aromatic heterocycles. The van der Waals surface area contributed by atoms with E-state index >= 15 is 0 Å². The van der Waals surface area contributed by atoms with Crippen LogP contribution < -0.4 is 30.4 Å². The van der Waals surface area contributed by atoms with Crippen LogP contribution >= 0.6 is 22.7 Å². The maximum Gasteiger partial charge on any atom is 0.510 e. The second kappa shape index (κ2) is 23.1. The van der Waals surface area contributed by atoms with E-state index in [0.717, 1.165) is 102 Å². The van der Waals surface area contributed by atoms with E-state index in [2.05, 4.69) is 78.9 Å². The van der Waals surface area contributed by atoms with Crippen molar-refractivity contribution >= 4 is 88.2 Å². The number of rotatable bonds is 20. The highest BCUT2D eigenvalue weighted by Crippen LogP contribution is 2.33. The normalized spacial score (nSPS) is 14.6.